The summed E-state index contributed by atoms with van der Waals surface area (Å²) in [5, 5.41) is 12.5. The Morgan fingerprint density at radius 1 is 1.58 bits per heavy atom. The fourth-order valence-electron chi connectivity index (χ4n) is 1.30. The average molecular weight is 303 g/mol. The fourth-order valence-corrected chi connectivity index (χ4v) is 3.49. The summed E-state index contributed by atoms with van der Waals surface area (Å²) in [7, 11) is -3.94. The predicted molar refractivity (Wildman–Crippen MR) is 64.3 cm³/mol. The molecule has 0 spiro atoms. The molecule has 0 bridgehead atoms. The lowest BCUT2D eigenvalue weighted by Crippen LogP contribution is -2.24. The van der Waals surface area contributed by atoms with Crippen molar-refractivity contribution in [2.45, 2.75) is 17.7 Å². The highest BCUT2D eigenvalue weighted by Crippen LogP contribution is 2.20. The second kappa shape index (κ2) is 5.07. The molecule has 102 valence electrons. The van der Waals surface area contributed by atoms with Crippen LogP contribution in [0.3, 0.4) is 0 Å². The van der Waals surface area contributed by atoms with E-state index < -0.39 is 21.7 Å². The Labute approximate surface area is 112 Å². The zero-order valence-corrected chi connectivity index (χ0v) is 11.3. The molecule has 0 amide bonds. The first kappa shape index (κ1) is 13.6. The van der Waals surface area contributed by atoms with Crippen LogP contribution in [0.4, 0.5) is 0 Å². The molecule has 8 nitrogen and oxygen atoms in total. The molecule has 2 aromatic heterocycles. The van der Waals surface area contributed by atoms with Gasteiger partial charge in [0.25, 0.3) is 10.0 Å². The van der Waals surface area contributed by atoms with Crippen molar-refractivity contribution in [3.8, 4) is 0 Å². The summed E-state index contributed by atoms with van der Waals surface area (Å²) in [6, 6.07) is 1.58. The van der Waals surface area contributed by atoms with Gasteiger partial charge in [-0.05, 0) is 6.92 Å². The third-order valence-electron chi connectivity index (χ3n) is 2.10. The van der Waals surface area contributed by atoms with Crippen molar-refractivity contribution in [1.82, 2.24) is 14.9 Å². The van der Waals surface area contributed by atoms with Gasteiger partial charge in [0, 0.05) is 6.07 Å². The van der Waals surface area contributed by atoms with Crippen LogP contribution in [0.2, 0.25) is 0 Å². The first-order valence-corrected chi connectivity index (χ1v) is 7.35. The molecule has 0 aliphatic heterocycles. The molecule has 0 saturated carbocycles. The molecule has 2 aromatic rings. The summed E-state index contributed by atoms with van der Waals surface area (Å²) >= 11 is 0.739. The van der Waals surface area contributed by atoms with Gasteiger partial charge in [-0.2, -0.15) is 0 Å². The maximum Gasteiger partial charge on any atom is 0.356 e. The van der Waals surface area contributed by atoms with Crippen molar-refractivity contribution in [3.05, 3.63) is 28.7 Å². The largest absolute Gasteiger partial charge is 0.476 e. The van der Waals surface area contributed by atoms with Crippen molar-refractivity contribution in [1.29, 1.82) is 0 Å². The molecule has 0 unspecified atom stereocenters. The number of aryl methyl sites for hydroxylation is 1. The molecule has 0 aliphatic carbocycles. The van der Waals surface area contributed by atoms with Gasteiger partial charge in [-0.25, -0.2) is 22.9 Å². The minimum atomic E-state index is -3.94. The lowest BCUT2D eigenvalue weighted by atomic mass is 10.4. The normalized spacial score (nSPS) is 11.6. The van der Waals surface area contributed by atoms with Crippen molar-refractivity contribution < 1.29 is 22.8 Å². The second-order valence-corrected chi connectivity index (χ2v) is 6.36. The van der Waals surface area contributed by atoms with E-state index in [1.54, 1.807) is 13.0 Å². The van der Waals surface area contributed by atoms with Gasteiger partial charge in [0.1, 0.15) is 5.76 Å². The van der Waals surface area contributed by atoms with Crippen LogP contribution in [-0.2, 0) is 16.6 Å². The van der Waals surface area contributed by atoms with Crippen LogP contribution in [0.1, 0.15) is 21.9 Å². The van der Waals surface area contributed by atoms with Crippen LogP contribution in [0.15, 0.2) is 20.3 Å². The topological polar surface area (TPSA) is 122 Å². The first-order chi connectivity index (χ1) is 8.90. The van der Waals surface area contributed by atoms with Crippen molar-refractivity contribution in [2.24, 2.45) is 0 Å². The molecule has 10 heteroatoms. The Hall–Kier alpha value is -1.78. The van der Waals surface area contributed by atoms with Crippen LogP contribution >= 0.6 is 11.3 Å². The van der Waals surface area contributed by atoms with E-state index >= 15 is 0 Å². The third-order valence-corrected chi connectivity index (χ3v) is 4.87. The number of hydrogen-bond donors (Lipinski definition) is 2. The monoisotopic (exact) mass is 303 g/mol. The van der Waals surface area contributed by atoms with Crippen LogP contribution in [0.5, 0.6) is 0 Å². The maximum absolute atomic E-state index is 11.9. The Bertz CT molecular complexity index is 703. The summed E-state index contributed by atoms with van der Waals surface area (Å²) < 4.78 is 30.6. The van der Waals surface area contributed by atoms with Gasteiger partial charge >= 0.3 is 5.97 Å². The predicted octanol–water partition coefficient (Wildman–Crippen LogP) is 0.616. The smallest absolute Gasteiger partial charge is 0.356 e. The highest BCUT2D eigenvalue weighted by atomic mass is 32.2. The number of hydrogen-bond acceptors (Lipinski definition) is 7. The van der Waals surface area contributed by atoms with Crippen molar-refractivity contribution in [3.63, 3.8) is 0 Å². The highest BCUT2D eigenvalue weighted by Gasteiger charge is 2.25. The second-order valence-electron chi connectivity index (χ2n) is 3.55. The number of sulfonamides is 1. The Kier molecular flexibility index (Phi) is 3.64. The van der Waals surface area contributed by atoms with E-state index in [1.807, 2.05) is 0 Å². The van der Waals surface area contributed by atoms with Gasteiger partial charge in [-0.15, -0.1) is 11.3 Å². The molecular formula is C9H9N3O5S2. The van der Waals surface area contributed by atoms with E-state index in [0.717, 1.165) is 16.8 Å². The lowest BCUT2D eigenvalue weighted by Gasteiger charge is -2.02. The molecule has 0 fully saturated rings. The van der Waals surface area contributed by atoms with Gasteiger partial charge in [0.15, 0.2) is 9.90 Å². The summed E-state index contributed by atoms with van der Waals surface area (Å²) in [6.45, 7) is 1.59. The number of rotatable bonds is 5. The highest BCUT2D eigenvalue weighted by molar-refractivity contribution is 7.91. The number of thiazole rings is 1. The minimum Gasteiger partial charge on any atom is -0.476 e. The van der Waals surface area contributed by atoms with E-state index in [4.69, 9.17) is 9.63 Å². The van der Waals surface area contributed by atoms with Gasteiger partial charge < -0.3 is 9.63 Å². The van der Waals surface area contributed by atoms with E-state index in [2.05, 4.69) is 14.9 Å². The van der Waals surface area contributed by atoms with Crippen molar-refractivity contribution in [2.75, 3.05) is 0 Å². The summed E-state index contributed by atoms with van der Waals surface area (Å²) in [5.41, 5.74) is 1.08. The lowest BCUT2D eigenvalue weighted by molar-refractivity contribution is 0.0687. The summed E-state index contributed by atoms with van der Waals surface area (Å²) in [4.78, 5) is 14.3. The molecule has 2 heterocycles. The van der Waals surface area contributed by atoms with Gasteiger partial charge in [-0.3, -0.25) is 0 Å². The number of carboxylic acid groups (broad SMARTS) is 1. The van der Waals surface area contributed by atoms with Gasteiger partial charge in [-0.1, -0.05) is 5.16 Å². The quantitative estimate of drug-likeness (QED) is 0.829. The molecule has 0 aromatic carbocycles. The average Bonchev–Trinajstić information content (AvgIpc) is 2.94. The number of carbonyl (C=O) groups is 1. The molecule has 0 aliphatic rings. The van der Waals surface area contributed by atoms with E-state index in [1.165, 1.54) is 0 Å². The standard InChI is InChI=1S/C9H9N3O5S2/c1-5-2-6(12-17-5)3-11-19(15,16)9-7(8(13)14)10-4-18-9/h2,4,11H,3H2,1H3,(H,13,14). The maximum atomic E-state index is 11.9. The van der Waals surface area contributed by atoms with E-state index in [-0.39, 0.29) is 10.8 Å². The zero-order valence-electron chi connectivity index (χ0n) is 9.65. The number of nitrogens with one attached hydrogen (secondary N) is 1. The van der Waals surface area contributed by atoms with Crippen LogP contribution < -0.4 is 4.72 Å². The first-order valence-electron chi connectivity index (χ1n) is 4.99. The molecule has 0 saturated heterocycles. The molecule has 0 radical (unpaired) electrons. The summed E-state index contributed by atoms with van der Waals surface area (Å²) in [5.74, 6) is -0.836. The molecule has 2 rings (SSSR count). The fraction of sp³-hybridized carbons (Fsp3) is 0.222. The number of aromatic carboxylic acids is 1. The SMILES string of the molecule is Cc1cc(CNS(=O)(=O)c2scnc2C(=O)O)no1. The molecule has 2 N–H and O–H groups in total. The van der Waals surface area contributed by atoms with Crippen molar-refractivity contribution >= 4 is 27.3 Å². The number of carboxylic acids is 1. The van der Waals surface area contributed by atoms with Gasteiger partial charge in [0.05, 0.1) is 17.7 Å². The molecule has 0 atom stereocenters. The van der Waals surface area contributed by atoms with Crippen LogP contribution in [0.25, 0.3) is 0 Å². The van der Waals surface area contributed by atoms with E-state index in [0.29, 0.717) is 11.5 Å². The summed E-state index contributed by atoms with van der Waals surface area (Å²) in [6.07, 6.45) is 0. The molecular weight excluding hydrogens is 294 g/mol. The minimum absolute atomic E-state index is 0.0867. The number of aromatic nitrogens is 2. The molecule has 19 heavy (non-hydrogen) atoms. The Morgan fingerprint density at radius 2 is 2.32 bits per heavy atom. The Morgan fingerprint density at radius 3 is 2.89 bits per heavy atom. The Balaban J connectivity index is 2.18. The van der Waals surface area contributed by atoms with Crippen LogP contribution in [0, 0.1) is 6.92 Å². The zero-order chi connectivity index (χ0) is 14.0. The number of nitrogens with zero attached hydrogens (tertiary/aromatic N) is 2. The van der Waals surface area contributed by atoms with Gasteiger partial charge in [0.2, 0.25) is 0 Å². The van der Waals surface area contributed by atoms with Crippen LogP contribution in [-0.4, -0.2) is 29.6 Å². The van der Waals surface area contributed by atoms with E-state index in [9.17, 15) is 13.2 Å². The third kappa shape index (κ3) is 2.97.